The van der Waals surface area contributed by atoms with Crippen LogP contribution in [0.15, 0.2) is 12.3 Å². The molecule has 1 aliphatic heterocycles. The van der Waals surface area contributed by atoms with Crippen LogP contribution >= 0.6 is 11.8 Å². The molecule has 0 saturated carbocycles. The van der Waals surface area contributed by atoms with Crippen LogP contribution in [0.1, 0.15) is 5.56 Å². The number of nitriles is 1. The summed E-state index contributed by atoms with van der Waals surface area (Å²) in [7, 11) is 0. The number of hydrogen-bond donors (Lipinski definition) is 0. The van der Waals surface area contributed by atoms with E-state index < -0.39 is 0 Å². The standard InChI is InChI=1S/C9H10N4S/c10-7-8-1-2-11-12-9(8)13-3-5-14-6-4-13/h1-2H,3-6H2. The van der Waals surface area contributed by atoms with Crippen molar-refractivity contribution in [2.75, 3.05) is 29.5 Å². The van der Waals surface area contributed by atoms with Gasteiger partial charge in [0.25, 0.3) is 0 Å². The quantitative estimate of drug-likeness (QED) is 0.683. The lowest BCUT2D eigenvalue weighted by Gasteiger charge is -2.27. The highest BCUT2D eigenvalue weighted by Crippen LogP contribution is 2.19. The molecule has 4 nitrogen and oxygen atoms in total. The normalized spacial score (nSPS) is 16.4. The molecule has 72 valence electrons. The van der Waals surface area contributed by atoms with E-state index in [0.29, 0.717) is 5.56 Å². The summed E-state index contributed by atoms with van der Waals surface area (Å²) in [6, 6.07) is 3.85. The summed E-state index contributed by atoms with van der Waals surface area (Å²) in [5.41, 5.74) is 0.618. The summed E-state index contributed by atoms with van der Waals surface area (Å²) in [4.78, 5) is 2.13. The van der Waals surface area contributed by atoms with E-state index in [4.69, 9.17) is 5.26 Å². The molecule has 2 heterocycles. The van der Waals surface area contributed by atoms with Crippen LogP contribution in [-0.4, -0.2) is 34.8 Å². The van der Waals surface area contributed by atoms with Crippen molar-refractivity contribution in [1.29, 1.82) is 5.26 Å². The number of hydrogen-bond acceptors (Lipinski definition) is 5. The zero-order chi connectivity index (χ0) is 9.80. The molecule has 0 atom stereocenters. The second-order valence-electron chi connectivity index (χ2n) is 2.98. The Bertz CT molecular complexity index is 354. The van der Waals surface area contributed by atoms with Crippen molar-refractivity contribution in [3.05, 3.63) is 17.8 Å². The van der Waals surface area contributed by atoms with Crippen LogP contribution in [0.2, 0.25) is 0 Å². The minimum Gasteiger partial charge on any atom is -0.352 e. The van der Waals surface area contributed by atoms with E-state index in [-0.39, 0.29) is 0 Å². The van der Waals surface area contributed by atoms with Crippen molar-refractivity contribution >= 4 is 17.6 Å². The predicted octanol–water partition coefficient (Wildman–Crippen LogP) is 0.901. The van der Waals surface area contributed by atoms with Crippen LogP contribution < -0.4 is 4.90 Å². The van der Waals surface area contributed by atoms with Crippen LogP contribution in [0.4, 0.5) is 5.82 Å². The van der Waals surface area contributed by atoms with Crippen LogP contribution in [-0.2, 0) is 0 Å². The lowest BCUT2D eigenvalue weighted by molar-refractivity contribution is 0.816. The van der Waals surface area contributed by atoms with Gasteiger partial charge in [-0.3, -0.25) is 0 Å². The smallest absolute Gasteiger partial charge is 0.169 e. The van der Waals surface area contributed by atoms with Gasteiger partial charge in [0, 0.05) is 24.6 Å². The summed E-state index contributed by atoms with van der Waals surface area (Å²) in [6.45, 7) is 1.91. The third-order valence-corrected chi connectivity index (χ3v) is 3.07. The molecule has 0 unspecified atom stereocenters. The largest absolute Gasteiger partial charge is 0.352 e. The number of anilines is 1. The highest BCUT2D eigenvalue weighted by atomic mass is 32.2. The second kappa shape index (κ2) is 4.29. The zero-order valence-corrected chi connectivity index (χ0v) is 8.50. The first-order valence-electron chi connectivity index (χ1n) is 4.46. The first-order chi connectivity index (χ1) is 6.92. The summed E-state index contributed by atoms with van der Waals surface area (Å²) in [5, 5.41) is 16.7. The third kappa shape index (κ3) is 1.80. The van der Waals surface area contributed by atoms with Gasteiger partial charge in [0.2, 0.25) is 0 Å². The SMILES string of the molecule is N#Cc1ccnnc1N1CCSCC1. The van der Waals surface area contributed by atoms with Gasteiger partial charge in [0.05, 0.1) is 11.8 Å². The average molecular weight is 206 g/mol. The number of aromatic nitrogens is 2. The molecule has 1 saturated heterocycles. The fourth-order valence-electron chi connectivity index (χ4n) is 1.42. The maximum atomic E-state index is 8.90. The molecule has 0 spiro atoms. The van der Waals surface area contributed by atoms with E-state index >= 15 is 0 Å². The Morgan fingerprint density at radius 1 is 1.43 bits per heavy atom. The van der Waals surface area contributed by atoms with E-state index in [0.717, 1.165) is 30.4 Å². The molecular weight excluding hydrogens is 196 g/mol. The predicted molar refractivity (Wildman–Crippen MR) is 56.3 cm³/mol. The van der Waals surface area contributed by atoms with E-state index in [1.54, 1.807) is 12.3 Å². The van der Waals surface area contributed by atoms with Crippen molar-refractivity contribution in [3.63, 3.8) is 0 Å². The molecule has 0 aliphatic carbocycles. The molecule has 0 bridgehead atoms. The fourth-order valence-corrected chi connectivity index (χ4v) is 2.32. The molecule has 1 aliphatic rings. The van der Waals surface area contributed by atoms with E-state index in [9.17, 15) is 0 Å². The highest BCUT2D eigenvalue weighted by molar-refractivity contribution is 7.99. The van der Waals surface area contributed by atoms with E-state index in [2.05, 4.69) is 21.2 Å². The molecule has 0 N–H and O–H groups in total. The Hall–Kier alpha value is -1.28. The minimum absolute atomic E-state index is 0.618. The van der Waals surface area contributed by atoms with Gasteiger partial charge in [-0.2, -0.15) is 22.1 Å². The molecule has 1 aromatic rings. The summed E-state index contributed by atoms with van der Waals surface area (Å²) in [6.07, 6.45) is 1.56. The van der Waals surface area contributed by atoms with Crippen molar-refractivity contribution in [2.24, 2.45) is 0 Å². The molecule has 2 rings (SSSR count). The van der Waals surface area contributed by atoms with Gasteiger partial charge >= 0.3 is 0 Å². The first-order valence-corrected chi connectivity index (χ1v) is 5.62. The van der Waals surface area contributed by atoms with Gasteiger partial charge in [0.1, 0.15) is 6.07 Å². The van der Waals surface area contributed by atoms with Gasteiger partial charge in [0.15, 0.2) is 5.82 Å². The number of nitrogens with zero attached hydrogens (tertiary/aromatic N) is 4. The molecule has 1 fully saturated rings. The van der Waals surface area contributed by atoms with Crippen molar-refractivity contribution in [2.45, 2.75) is 0 Å². The van der Waals surface area contributed by atoms with Crippen LogP contribution in [0, 0.1) is 11.3 Å². The van der Waals surface area contributed by atoms with Crippen LogP contribution in [0.3, 0.4) is 0 Å². The van der Waals surface area contributed by atoms with Crippen LogP contribution in [0.25, 0.3) is 0 Å². The second-order valence-corrected chi connectivity index (χ2v) is 4.20. The van der Waals surface area contributed by atoms with Gasteiger partial charge < -0.3 is 4.90 Å². The number of thioether (sulfide) groups is 1. The van der Waals surface area contributed by atoms with E-state index in [1.807, 2.05) is 11.8 Å². The Morgan fingerprint density at radius 3 is 2.93 bits per heavy atom. The van der Waals surface area contributed by atoms with Gasteiger partial charge in [-0.15, -0.1) is 5.10 Å². The molecule has 0 aromatic carbocycles. The lowest BCUT2D eigenvalue weighted by Crippen LogP contribution is -2.33. The highest BCUT2D eigenvalue weighted by Gasteiger charge is 2.15. The third-order valence-electron chi connectivity index (χ3n) is 2.13. The van der Waals surface area contributed by atoms with E-state index in [1.165, 1.54) is 0 Å². The molecule has 14 heavy (non-hydrogen) atoms. The topological polar surface area (TPSA) is 52.8 Å². The van der Waals surface area contributed by atoms with Crippen molar-refractivity contribution < 1.29 is 0 Å². The van der Waals surface area contributed by atoms with Gasteiger partial charge in [-0.1, -0.05) is 0 Å². The lowest BCUT2D eigenvalue weighted by atomic mass is 10.3. The fraction of sp³-hybridized carbons (Fsp3) is 0.444. The molecule has 1 aromatic heterocycles. The minimum atomic E-state index is 0.618. The maximum absolute atomic E-state index is 8.90. The Kier molecular flexibility index (Phi) is 2.84. The first kappa shape index (κ1) is 9.28. The van der Waals surface area contributed by atoms with Crippen LogP contribution in [0.5, 0.6) is 0 Å². The Balaban J connectivity index is 2.26. The summed E-state index contributed by atoms with van der Waals surface area (Å²) >= 11 is 1.93. The summed E-state index contributed by atoms with van der Waals surface area (Å²) < 4.78 is 0. The average Bonchev–Trinajstić information content (AvgIpc) is 2.30. The zero-order valence-electron chi connectivity index (χ0n) is 7.68. The molecule has 0 radical (unpaired) electrons. The molecule has 0 amide bonds. The Morgan fingerprint density at radius 2 is 2.21 bits per heavy atom. The summed E-state index contributed by atoms with van der Waals surface area (Å²) in [5.74, 6) is 2.93. The van der Waals surface area contributed by atoms with Gasteiger partial charge in [-0.05, 0) is 6.07 Å². The maximum Gasteiger partial charge on any atom is 0.169 e. The Labute approximate surface area is 86.9 Å². The van der Waals surface area contributed by atoms with Crippen molar-refractivity contribution in [3.8, 4) is 6.07 Å². The monoisotopic (exact) mass is 206 g/mol. The van der Waals surface area contributed by atoms with Gasteiger partial charge in [-0.25, -0.2) is 0 Å². The number of rotatable bonds is 1. The molecule has 5 heteroatoms. The molecular formula is C9H10N4S. The van der Waals surface area contributed by atoms with Crippen molar-refractivity contribution in [1.82, 2.24) is 10.2 Å².